The fraction of sp³-hybridized carbons (Fsp3) is 0.364. The quantitative estimate of drug-likeness (QED) is 0.734. The molecule has 1 heterocycles. The molecular formula is C11H15N3O2. The molecule has 0 spiro atoms. The van der Waals surface area contributed by atoms with E-state index in [2.05, 4.69) is 10.3 Å². The highest BCUT2D eigenvalue weighted by Gasteiger charge is 2.04. The van der Waals surface area contributed by atoms with Gasteiger partial charge < -0.3 is 10.2 Å². The zero-order chi connectivity index (χ0) is 12.0. The Kier molecular flexibility index (Phi) is 4.44. The van der Waals surface area contributed by atoms with Crippen molar-refractivity contribution in [3.05, 3.63) is 23.9 Å². The molecule has 1 rings (SSSR count). The number of pyridine rings is 1. The summed E-state index contributed by atoms with van der Waals surface area (Å²) < 4.78 is 0. The number of nitrogens with one attached hydrogen (secondary N) is 1. The maximum absolute atomic E-state index is 11.0. The molecule has 86 valence electrons. The third-order valence-electron chi connectivity index (χ3n) is 2.25. The minimum Gasteiger partial charge on any atom is -0.359 e. The molecule has 0 saturated heterocycles. The Morgan fingerprint density at radius 2 is 2.31 bits per heavy atom. The predicted molar refractivity (Wildman–Crippen MR) is 61.6 cm³/mol. The lowest BCUT2D eigenvalue weighted by atomic mass is 10.3. The maximum Gasteiger partial charge on any atom is 0.221 e. The number of amides is 1. The first-order chi connectivity index (χ1) is 7.67. The van der Waals surface area contributed by atoms with Crippen LogP contribution in [0.2, 0.25) is 0 Å². The van der Waals surface area contributed by atoms with Crippen LogP contribution in [0.4, 0.5) is 5.82 Å². The molecule has 5 nitrogen and oxygen atoms in total. The van der Waals surface area contributed by atoms with Crippen LogP contribution in [0.15, 0.2) is 18.3 Å². The van der Waals surface area contributed by atoms with Crippen LogP contribution in [0.25, 0.3) is 0 Å². The molecule has 16 heavy (non-hydrogen) atoms. The van der Waals surface area contributed by atoms with Crippen LogP contribution in [-0.2, 0) is 4.79 Å². The average Bonchev–Trinajstić information content (AvgIpc) is 2.35. The van der Waals surface area contributed by atoms with Crippen molar-refractivity contribution in [1.82, 2.24) is 10.3 Å². The van der Waals surface area contributed by atoms with Crippen LogP contribution in [0.5, 0.6) is 0 Å². The zero-order valence-corrected chi connectivity index (χ0v) is 9.43. The molecule has 1 amide bonds. The molecule has 0 saturated carbocycles. The number of carbonyl (C=O) groups is 2. The molecule has 0 aliphatic carbocycles. The molecule has 0 bridgehead atoms. The third kappa shape index (κ3) is 3.34. The Morgan fingerprint density at radius 1 is 1.56 bits per heavy atom. The van der Waals surface area contributed by atoms with Crippen LogP contribution < -0.4 is 10.2 Å². The highest BCUT2D eigenvalue weighted by Crippen LogP contribution is 2.08. The summed E-state index contributed by atoms with van der Waals surface area (Å²) in [4.78, 5) is 27.5. The molecule has 0 radical (unpaired) electrons. The van der Waals surface area contributed by atoms with E-state index in [1.807, 2.05) is 11.9 Å². The Labute approximate surface area is 94.5 Å². The molecule has 0 aliphatic heterocycles. The SMILES string of the molecule is CNC(=O)CCN(C)c1ccc(C=O)cn1. The number of nitrogens with zero attached hydrogens (tertiary/aromatic N) is 2. The average molecular weight is 221 g/mol. The number of aldehydes is 1. The molecule has 5 heteroatoms. The number of hydrogen-bond acceptors (Lipinski definition) is 4. The monoisotopic (exact) mass is 221 g/mol. The summed E-state index contributed by atoms with van der Waals surface area (Å²) in [7, 11) is 3.46. The molecule has 0 fully saturated rings. The number of rotatable bonds is 5. The van der Waals surface area contributed by atoms with Crippen molar-refractivity contribution in [2.75, 3.05) is 25.5 Å². The second-order valence-corrected chi connectivity index (χ2v) is 3.41. The summed E-state index contributed by atoms with van der Waals surface area (Å²) in [5.41, 5.74) is 0.545. The molecule has 0 aromatic carbocycles. The molecule has 1 N–H and O–H groups in total. The zero-order valence-electron chi connectivity index (χ0n) is 9.43. The highest BCUT2D eigenvalue weighted by atomic mass is 16.1. The number of carbonyl (C=O) groups excluding carboxylic acids is 2. The van der Waals surface area contributed by atoms with E-state index in [1.165, 1.54) is 6.20 Å². The predicted octanol–water partition coefficient (Wildman–Crippen LogP) is 0.466. The standard InChI is InChI=1S/C11H15N3O2/c1-12-11(16)5-6-14(2)10-4-3-9(8-15)7-13-10/h3-4,7-8H,5-6H2,1-2H3,(H,12,16). The summed E-state index contributed by atoms with van der Waals surface area (Å²) in [6.45, 7) is 0.590. The first kappa shape index (κ1) is 12.2. The van der Waals surface area contributed by atoms with Gasteiger partial charge in [0.1, 0.15) is 5.82 Å². The van der Waals surface area contributed by atoms with E-state index in [0.29, 0.717) is 18.5 Å². The highest BCUT2D eigenvalue weighted by molar-refractivity contribution is 5.76. The Morgan fingerprint density at radius 3 is 2.81 bits per heavy atom. The summed E-state index contributed by atoms with van der Waals surface area (Å²) in [5.74, 6) is 0.742. The van der Waals surface area contributed by atoms with Crippen molar-refractivity contribution in [3.8, 4) is 0 Å². The van der Waals surface area contributed by atoms with E-state index < -0.39 is 0 Å². The van der Waals surface area contributed by atoms with Gasteiger partial charge in [-0.1, -0.05) is 0 Å². The van der Waals surface area contributed by atoms with Gasteiger partial charge in [-0.05, 0) is 12.1 Å². The van der Waals surface area contributed by atoms with E-state index >= 15 is 0 Å². The van der Waals surface area contributed by atoms with Crippen LogP contribution in [-0.4, -0.2) is 37.8 Å². The van der Waals surface area contributed by atoms with Crippen LogP contribution in [0.3, 0.4) is 0 Å². The van der Waals surface area contributed by atoms with Crippen LogP contribution in [0, 0.1) is 0 Å². The van der Waals surface area contributed by atoms with Gasteiger partial charge in [0.15, 0.2) is 6.29 Å². The molecule has 0 aliphatic rings. The molecule has 1 aromatic rings. The van der Waals surface area contributed by atoms with E-state index in [0.717, 1.165) is 12.1 Å². The smallest absolute Gasteiger partial charge is 0.221 e. The van der Waals surface area contributed by atoms with Gasteiger partial charge in [0.25, 0.3) is 0 Å². The van der Waals surface area contributed by atoms with Crippen molar-refractivity contribution in [1.29, 1.82) is 0 Å². The lowest BCUT2D eigenvalue weighted by Gasteiger charge is -2.17. The van der Waals surface area contributed by atoms with Gasteiger partial charge in [-0.15, -0.1) is 0 Å². The normalized spacial score (nSPS) is 9.62. The third-order valence-corrected chi connectivity index (χ3v) is 2.25. The summed E-state index contributed by atoms with van der Waals surface area (Å²) >= 11 is 0. The topological polar surface area (TPSA) is 62.3 Å². The van der Waals surface area contributed by atoms with Gasteiger partial charge >= 0.3 is 0 Å². The minimum atomic E-state index is -0.00337. The second-order valence-electron chi connectivity index (χ2n) is 3.41. The lowest BCUT2D eigenvalue weighted by molar-refractivity contribution is -0.120. The Balaban J connectivity index is 2.55. The largest absolute Gasteiger partial charge is 0.359 e. The minimum absolute atomic E-state index is 0.00337. The van der Waals surface area contributed by atoms with Crippen molar-refractivity contribution < 1.29 is 9.59 Å². The van der Waals surface area contributed by atoms with Crippen molar-refractivity contribution in [3.63, 3.8) is 0 Å². The number of hydrogen-bond donors (Lipinski definition) is 1. The second kappa shape index (κ2) is 5.85. The van der Waals surface area contributed by atoms with Gasteiger partial charge in [0.05, 0.1) is 0 Å². The fourth-order valence-corrected chi connectivity index (χ4v) is 1.20. The number of anilines is 1. The summed E-state index contributed by atoms with van der Waals surface area (Å²) in [6, 6.07) is 3.46. The summed E-state index contributed by atoms with van der Waals surface area (Å²) in [6.07, 6.45) is 2.68. The van der Waals surface area contributed by atoms with Gasteiger partial charge in [0.2, 0.25) is 5.91 Å². The Bertz CT molecular complexity index is 362. The van der Waals surface area contributed by atoms with Crippen LogP contribution >= 0.6 is 0 Å². The van der Waals surface area contributed by atoms with E-state index in [1.54, 1.807) is 19.2 Å². The van der Waals surface area contributed by atoms with E-state index in [-0.39, 0.29) is 5.91 Å². The first-order valence-corrected chi connectivity index (χ1v) is 5.00. The molecule has 0 atom stereocenters. The van der Waals surface area contributed by atoms with Gasteiger partial charge in [-0.25, -0.2) is 4.98 Å². The van der Waals surface area contributed by atoms with Crippen molar-refractivity contribution in [2.45, 2.75) is 6.42 Å². The molecule has 0 unspecified atom stereocenters. The van der Waals surface area contributed by atoms with E-state index in [4.69, 9.17) is 0 Å². The molecule has 1 aromatic heterocycles. The van der Waals surface area contributed by atoms with Gasteiger partial charge in [-0.3, -0.25) is 9.59 Å². The van der Waals surface area contributed by atoms with Crippen molar-refractivity contribution >= 4 is 18.0 Å². The molecular weight excluding hydrogens is 206 g/mol. The van der Waals surface area contributed by atoms with E-state index in [9.17, 15) is 9.59 Å². The first-order valence-electron chi connectivity index (χ1n) is 5.00. The maximum atomic E-state index is 11.0. The van der Waals surface area contributed by atoms with Gasteiger partial charge in [-0.2, -0.15) is 0 Å². The van der Waals surface area contributed by atoms with Gasteiger partial charge in [0, 0.05) is 38.8 Å². The van der Waals surface area contributed by atoms with Crippen molar-refractivity contribution in [2.24, 2.45) is 0 Å². The summed E-state index contributed by atoms with van der Waals surface area (Å²) in [5, 5.41) is 2.56. The lowest BCUT2D eigenvalue weighted by Crippen LogP contribution is -2.26. The fourth-order valence-electron chi connectivity index (χ4n) is 1.20. The Hall–Kier alpha value is -1.91. The van der Waals surface area contributed by atoms with Crippen LogP contribution in [0.1, 0.15) is 16.8 Å². The number of aromatic nitrogens is 1.